The third-order valence-corrected chi connectivity index (χ3v) is 7.26. The van der Waals surface area contributed by atoms with Crippen molar-refractivity contribution in [3.8, 4) is 0 Å². The molecule has 35 heavy (non-hydrogen) atoms. The molecule has 0 aliphatic heterocycles. The molecule has 0 fully saturated rings. The number of carbonyl (C=O) groups is 1. The van der Waals surface area contributed by atoms with Gasteiger partial charge < -0.3 is 10.2 Å². The number of carbonyl (C=O) groups excluding carboxylic acids is 1. The molecule has 1 N–H and O–H groups in total. The Labute approximate surface area is 209 Å². The van der Waals surface area contributed by atoms with Crippen LogP contribution in [0.2, 0.25) is 0 Å². The van der Waals surface area contributed by atoms with E-state index in [1.54, 1.807) is 24.3 Å². The largest absolute Gasteiger partial charge is 0.372 e. The highest BCUT2D eigenvalue weighted by molar-refractivity contribution is 7.92. The fourth-order valence-electron chi connectivity index (χ4n) is 4.19. The number of sulfonamides is 1. The Morgan fingerprint density at radius 3 is 1.89 bits per heavy atom. The summed E-state index contributed by atoms with van der Waals surface area (Å²) >= 11 is 0. The van der Waals surface area contributed by atoms with E-state index >= 15 is 0 Å². The van der Waals surface area contributed by atoms with E-state index in [9.17, 15) is 13.2 Å². The minimum Gasteiger partial charge on any atom is -0.372 e. The van der Waals surface area contributed by atoms with Crippen molar-refractivity contribution < 1.29 is 13.2 Å². The van der Waals surface area contributed by atoms with E-state index in [1.807, 2.05) is 44.2 Å². The summed E-state index contributed by atoms with van der Waals surface area (Å²) in [4.78, 5) is 14.9. The number of anilines is 2. The second kappa shape index (κ2) is 11.4. The Hall–Kier alpha value is -3.32. The van der Waals surface area contributed by atoms with E-state index in [0.717, 1.165) is 35.3 Å². The smallest absolute Gasteiger partial charge is 0.251 e. The van der Waals surface area contributed by atoms with Gasteiger partial charge in [0.05, 0.1) is 18.5 Å². The van der Waals surface area contributed by atoms with E-state index in [4.69, 9.17) is 0 Å². The first-order chi connectivity index (χ1) is 16.6. The number of nitrogens with zero attached hydrogens (tertiary/aromatic N) is 2. The average Bonchev–Trinajstić information content (AvgIpc) is 2.83. The van der Waals surface area contributed by atoms with Gasteiger partial charge >= 0.3 is 0 Å². The number of hydrogen-bond acceptors (Lipinski definition) is 4. The maximum absolute atomic E-state index is 12.7. The molecule has 3 rings (SSSR count). The molecule has 0 aliphatic carbocycles. The van der Waals surface area contributed by atoms with Gasteiger partial charge in [-0.15, -0.1) is 0 Å². The first kappa shape index (κ1) is 26.3. The molecule has 186 valence electrons. The van der Waals surface area contributed by atoms with Gasteiger partial charge in [-0.25, -0.2) is 8.42 Å². The summed E-state index contributed by atoms with van der Waals surface area (Å²) < 4.78 is 26.6. The third kappa shape index (κ3) is 6.63. The summed E-state index contributed by atoms with van der Waals surface area (Å²) in [6, 6.07) is 21.0. The molecule has 0 spiro atoms. The van der Waals surface area contributed by atoms with Crippen molar-refractivity contribution >= 4 is 27.3 Å². The normalized spacial score (nSPS) is 11.2. The molecule has 3 aromatic rings. The van der Waals surface area contributed by atoms with E-state index in [-0.39, 0.29) is 12.5 Å². The molecule has 7 heteroatoms. The van der Waals surface area contributed by atoms with Gasteiger partial charge in [0.25, 0.3) is 5.91 Å². The van der Waals surface area contributed by atoms with Gasteiger partial charge in [0.15, 0.2) is 0 Å². The van der Waals surface area contributed by atoms with Crippen LogP contribution in [-0.4, -0.2) is 33.7 Å². The number of amides is 1. The summed E-state index contributed by atoms with van der Waals surface area (Å²) in [5.41, 5.74) is 6.04. The van der Waals surface area contributed by atoms with Crippen molar-refractivity contribution in [1.29, 1.82) is 0 Å². The molecular weight excluding hydrogens is 458 g/mol. The zero-order valence-corrected chi connectivity index (χ0v) is 22.0. The fourth-order valence-corrected chi connectivity index (χ4v) is 5.19. The molecule has 3 aromatic carbocycles. The fraction of sp³-hybridized carbons (Fsp3) is 0.321. The lowest BCUT2D eigenvalue weighted by molar-refractivity contribution is 0.0951. The van der Waals surface area contributed by atoms with Crippen molar-refractivity contribution in [1.82, 2.24) is 5.32 Å². The number of nitrogens with one attached hydrogen (secondary N) is 1. The molecule has 1 amide bonds. The highest BCUT2D eigenvalue weighted by atomic mass is 32.2. The summed E-state index contributed by atoms with van der Waals surface area (Å²) in [6.45, 7) is 10.6. The lowest BCUT2D eigenvalue weighted by Crippen LogP contribution is -2.30. The second-order valence-corrected chi connectivity index (χ2v) is 10.6. The van der Waals surface area contributed by atoms with Crippen LogP contribution >= 0.6 is 0 Å². The molecule has 0 bridgehead atoms. The Kier molecular flexibility index (Phi) is 8.57. The number of para-hydroxylation sites is 1. The van der Waals surface area contributed by atoms with E-state index in [1.165, 1.54) is 16.2 Å². The van der Waals surface area contributed by atoms with Crippen LogP contribution in [0.25, 0.3) is 0 Å². The quantitative estimate of drug-likeness (QED) is 0.429. The monoisotopic (exact) mass is 493 g/mol. The first-order valence-corrected chi connectivity index (χ1v) is 13.7. The van der Waals surface area contributed by atoms with Gasteiger partial charge in [-0.05, 0) is 74.2 Å². The van der Waals surface area contributed by atoms with Crippen molar-refractivity contribution in [2.24, 2.45) is 0 Å². The molecular formula is C28H35N3O3S. The SMILES string of the molecule is CCN(CC)c1ccc(CNC(=O)c2ccc(CN(c3c(C)cccc3C)S(C)(=O)=O)cc2)cc1. The topological polar surface area (TPSA) is 69.7 Å². The van der Waals surface area contributed by atoms with Crippen LogP contribution in [0.15, 0.2) is 66.7 Å². The van der Waals surface area contributed by atoms with Crippen molar-refractivity contribution in [3.63, 3.8) is 0 Å². The lowest BCUT2D eigenvalue weighted by Gasteiger charge is -2.26. The second-order valence-electron chi connectivity index (χ2n) is 8.73. The number of hydrogen-bond donors (Lipinski definition) is 1. The number of rotatable bonds is 10. The highest BCUT2D eigenvalue weighted by Crippen LogP contribution is 2.28. The van der Waals surface area contributed by atoms with E-state index in [0.29, 0.717) is 17.8 Å². The summed E-state index contributed by atoms with van der Waals surface area (Å²) in [7, 11) is -3.49. The van der Waals surface area contributed by atoms with Gasteiger partial charge in [0.1, 0.15) is 0 Å². The van der Waals surface area contributed by atoms with Crippen LogP contribution in [-0.2, 0) is 23.1 Å². The number of benzene rings is 3. The molecule has 0 aromatic heterocycles. The Morgan fingerprint density at radius 2 is 1.37 bits per heavy atom. The van der Waals surface area contributed by atoms with Crippen LogP contribution in [0, 0.1) is 13.8 Å². The molecule has 0 heterocycles. The maximum atomic E-state index is 12.7. The summed E-state index contributed by atoms with van der Waals surface area (Å²) in [5, 5.41) is 2.96. The Bertz CT molecular complexity index is 1230. The standard InChI is InChI=1S/C28H35N3O3S/c1-6-30(7-2)26-17-13-23(14-18-26)19-29-28(32)25-15-11-24(12-16-25)20-31(35(5,33)34)27-21(3)9-8-10-22(27)4/h8-18H,6-7,19-20H2,1-5H3,(H,29,32). The molecule has 0 saturated heterocycles. The van der Waals surface area contributed by atoms with Gasteiger partial charge in [0, 0.05) is 30.9 Å². The van der Waals surface area contributed by atoms with Crippen LogP contribution in [0.3, 0.4) is 0 Å². The van der Waals surface area contributed by atoms with Crippen molar-refractivity contribution in [2.45, 2.75) is 40.8 Å². The van der Waals surface area contributed by atoms with Gasteiger partial charge in [-0.3, -0.25) is 9.10 Å². The highest BCUT2D eigenvalue weighted by Gasteiger charge is 2.21. The van der Waals surface area contributed by atoms with Crippen LogP contribution in [0.5, 0.6) is 0 Å². The van der Waals surface area contributed by atoms with E-state index in [2.05, 4.69) is 36.2 Å². The molecule has 0 atom stereocenters. The van der Waals surface area contributed by atoms with Crippen molar-refractivity contribution in [2.75, 3.05) is 28.6 Å². The Morgan fingerprint density at radius 1 is 0.829 bits per heavy atom. The minimum atomic E-state index is -3.49. The molecule has 0 unspecified atom stereocenters. The molecule has 0 aliphatic rings. The first-order valence-electron chi connectivity index (χ1n) is 11.9. The third-order valence-electron chi connectivity index (χ3n) is 6.15. The van der Waals surface area contributed by atoms with Gasteiger partial charge in [0.2, 0.25) is 10.0 Å². The van der Waals surface area contributed by atoms with Gasteiger partial charge in [-0.2, -0.15) is 0 Å². The molecule has 0 saturated carbocycles. The number of aryl methyl sites for hydroxylation is 2. The lowest BCUT2D eigenvalue weighted by atomic mass is 10.1. The maximum Gasteiger partial charge on any atom is 0.251 e. The summed E-state index contributed by atoms with van der Waals surface area (Å²) in [6.07, 6.45) is 1.22. The predicted octanol–water partition coefficient (Wildman–Crippen LogP) is 5.05. The Balaban J connectivity index is 1.67. The average molecular weight is 494 g/mol. The summed E-state index contributed by atoms with van der Waals surface area (Å²) in [5.74, 6) is -0.168. The van der Waals surface area contributed by atoms with E-state index < -0.39 is 10.0 Å². The molecule has 6 nitrogen and oxygen atoms in total. The van der Waals surface area contributed by atoms with Crippen molar-refractivity contribution in [3.05, 3.63) is 94.5 Å². The van der Waals surface area contributed by atoms with Crippen LogP contribution < -0.4 is 14.5 Å². The zero-order chi connectivity index (χ0) is 25.6. The molecule has 0 radical (unpaired) electrons. The minimum absolute atomic E-state index is 0.168. The van der Waals surface area contributed by atoms with Crippen LogP contribution in [0.1, 0.15) is 46.5 Å². The van der Waals surface area contributed by atoms with Gasteiger partial charge in [-0.1, -0.05) is 42.5 Å². The predicted molar refractivity (Wildman–Crippen MR) is 145 cm³/mol. The van der Waals surface area contributed by atoms with Crippen LogP contribution in [0.4, 0.5) is 11.4 Å². The zero-order valence-electron chi connectivity index (χ0n) is 21.2.